The minimum atomic E-state index is -0.555. The van der Waals surface area contributed by atoms with Gasteiger partial charge in [0.2, 0.25) is 0 Å². The van der Waals surface area contributed by atoms with Gasteiger partial charge in [-0.25, -0.2) is 4.39 Å². The number of carbonyl (C=O) groups is 1. The van der Waals surface area contributed by atoms with Crippen molar-refractivity contribution in [3.63, 3.8) is 0 Å². The number of carbonyl (C=O) groups excluding carboxylic acids is 1. The first-order valence-electron chi connectivity index (χ1n) is 5.19. The average Bonchev–Trinajstić information content (AvgIpc) is 2.34. The number of hydrogen-bond donors (Lipinski definition) is 2. The standard InChI is InChI=1S/C13H10BrFN2O/c14-9-6-4-8(5-7-9)13(18)17-12-10(15)2-1-3-11(12)16/h1-7H,16H2,(H,17,18). The molecule has 0 saturated heterocycles. The van der Waals surface area contributed by atoms with Gasteiger partial charge < -0.3 is 11.1 Å². The fraction of sp³-hybridized carbons (Fsp3) is 0. The topological polar surface area (TPSA) is 55.1 Å². The molecule has 1 amide bonds. The zero-order chi connectivity index (χ0) is 13.1. The van der Waals surface area contributed by atoms with E-state index in [0.717, 1.165) is 4.47 Å². The van der Waals surface area contributed by atoms with Crippen LogP contribution in [0.5, 0.6) is 0 Å². The summed E-state index contributed by atoms with van der Waals surface area (Å²) >= 11 is 3.27. The molecular weight excluding hydrogens is 299 g/mol. The van der Waals surface area contributed by atoms with Crippen LogP contribution in [0.4, 0.5) is 15.8 Å². The molecule has 3 nitrogen and oxygen atoms in total. The van der Waals surface area contributed by atoms with Gasteiger partial charge in [0.25, 0.3) is 5.91 Å². The van der Waals surface area contributed by atoms with Crippen LogP contribution in [-0.4, -0.2) is 5.91 Å². The molecule has 0 aliphatic rings. The molecule has 92 valence electrons. The Bertz CT molecular complexity index is 564. The number of nitrogens with one attached hydrogen (secondary N) is 1. The number of amides is 1. The van der Waals surface area contributed by atoms with Crippen molar-refractivity contribution in [2.45, 2.75) is 0 Å². The van der Waals surface area contributed by atoms with Crippen molar-refractivity contribution in [2.24, 2.45) is 0 Å². The highest BCUT2D eigenvalue weighted by atomic mass is 79.9. The summed E-state index contributed by atoms with van der Waals surface area (Å²) < 4.78 is 14.4. The third kappa shape index (κ3) is 2.68. The van der Waals surface area contributed by atoms with Crippen LogP contribution in [0.25, 0.3) is 0 Å². The molecule has 0 saturated carbocycles. The van der Waals surface area contributed by atoms with E-state index in [1.54, 1.807) is 24.3 Å². The van der Waals surface area contributed by atoms with E-state index in [2.05, 4.69) is 21.2 Å². The van der Waals surface area contributed by atoms with Gasteiger partial charge in [0.05, 0.1) is 5.69 Å². The van der Waals surface area contributed by atoms with E-state index in [-0.39, 0.29) is 11.4 Å². The van der Waals surface area contributed by atoms with E-state index in [1.165, 1.54) is 18.2 Å². The van der Waals surface area contributed by atoms with Crippen LogP contribution in [0.1, 0.15) is 10.4 Å². The SMILES string of the molecule is Nc1cccc(F)c1NC(=O)c1ccc(Br)cc1. The minimum Gasteiger partial charge on any atom is -0.397 e. The van der Waals surface area contributed by atoms with E-state index in [0.29, 0.717) is 5.56 Å². The van der Waals surface area contributed by atoms with Crippen molar-refractivity contribution < 1.29 is 9.18 Å². The van der Waals surface area contributed by atoms with Crippen molar-refractivity contribution in [1.29, 1.82) is 0 Å². The van der Waals surface area contributed by atoms with Crippen LogP contribution in [0.15, 0.2) is 46.9 Å². The lowest BCUT2D eigenvalue weighted by molar-refractivity contribution is 0.102. The molecule has 3 N–H and O–H groups in total. The van der Waals surface area contributed by atoms with Gasteiger partial charge in [0.1, 0.15) is 11.5 Å². The van der Waals surface area contributed by atoms with E-state index in [1.807, 2.05) is 0 Å². The van der Waals surface area contributed by atoms with Crippen molar-refractivity contribution in [2.75, 3.05) is 11.1 Å². The van der Waals surface area contributed by atoms with Gasteiger partial charge in [-0.05, 0) is 36.4 Å². The maximum atomic E-state index is 13.5. The Morgan fingerprint density at radius 2 is 1.83 bits per heavy atom. The van der Waals surface area contributed by atoms with E-state index < -0.39 is 11.7 Å². The van der Waals surface area contributed by atoms with Gasteiger partial charge in [-0.2, -0.15) is 0 Å². The van der Waals surface area contributed by atoms with Crippen molar-refractivity contribution in [3.8, 4) is 0 Å². The molecule has 0 spiro atoms. The largest absolute Gasteiger partial charge is 0.397 e. The zero-order valence-electron chi connectivity index (χ0n) is 9.28. The summed E-state index contributed by atoms with van der Waals surface area (Å²) in [5.41, 5.74) is 6.24. The van der Waals surface area contributed by atoms with Crippen molar-refractivity contribution >= 4 is 33.2 Å². The first-order chi connectivity index (χ1) is 8.58. The van der Waals surface area contributed by atoms with Gasteiger partial charge in [-0.15, -0.1) is 0 Å². The lowest BCUT2D eigenvalue weighted by atomic mass is 10.2. The smallest absolute Gasteiger partial charge is 0.255 e. The number of hydrogen-bond acceptors (Lipinski definition) is 2. The monoisotopic (exact) mass is 308 g/mol. The fourth-order valence-corrected chi connectivity index (χ4v) is 1.72. The van der Waals surface area contributed by atoms with Crippen LogP contribution < -0.4 is 11.1 Å². The van der Waals surface area contributed by atoms with Gasteiger partial charge in [0, 0.05) is 10.0 Å². The zero-order valence-corrected chi connectivity index (χ0v) is 10.9. The molecule has 0 radical (unpaired) electrons. The average molecular weight is 309 g/mol. The number of anilines is 2. The second kappa shape index (κ2) is 5.18. The highest BCUT2D eigenvalue weighted by Crippen LogP contribution is 2.22. The molecule has 0 atom stereocenters. The predicted octanol–water partition coefficient (Wildman–Crippen LogP) is 3.42. The first-order valence-corrected chi connectivity index (χ1v) is 5.98. The van der Waals surface area contributed by atoms with E-state index in [4.69, 9.17) is 5.73 Å². The summed E-state index contributed by atoms with van der Waals surface area (Å²) in [6, 6.07) is 11.0. The lowest BCUT2D eigenvalue weighted by Crippen LogP contribution is -2.14. The summed E-state index contributed by atoms with van der Waals surface area (Å²) in [6.45, 7) is 0. The summed E-state index contributed by atoms with van der Waals surface area (Å²) in [6.07, 6.45) is 0. The van der Waals surface area contributed by atoms with Crippen molar-refractivity contribution in [3.05, 3.63) is 58.3 Å². The minimum absolute atomic E-state index is 0.00502. The van der Waals surface area contributed by atoms with Gasteiger partial charge in [0.15, 0.2) is 0 Å². The highest BCUT2D eigenvalue weighted by Gasteiger charge is 2.11. The third-order valence-corrected chi connectivity index (χ3v) is 2.92. The van der Waals surface area contributed by atoms with Crippen LogP contribution in [0.3, 0.4) is 0 Å². The number of benzene rings is 2. The molecule has 5 heteroatoms. The number of rotatable bonds is 2. The molecule has 0 fully saturated rings. The molecule has 2 aromatic rings. The Kier molecular flexibility index (Phi) is 3.62. The van der Waals surface area contributed by atoms with Crippen LogP contribution in [-0.2, 0) is 0 Å². The second-order valence-electron chi connectivity index (χ2n) is 3.67. The number of nitrogens with two attached hydrogens (primary N) is 1. The van der Waals surface area contributed by atoms with Gasteiger partial charge in [-0.1, -0.05) is 22.0 Å². The summed E-state index contributed by atoms with van der Waals surface area (Å²) in [5, 5.41) is 2.46. The van der Waals surface area contributed by atoms with Crippen LogP contribution >= 0.6 is 15.9 Å². The highest BCUT2D eigenvalue weighted by molar-refractivity contribution is 9.10. The van der Waals surface area contributed by atoms with Gasteiger partial charge in [-0.3, -0.25) is 4.79 Å². The Labute approximate surface area is 112 Å². The molecule has 0 aliphatic carbocycles. The number of nitrogen functional groups attached to an aromatic ring is 1. The molecule has 0 bridgehead atoms. The Morgan fingerprint density at radius 1 is 1.17 bits per heavy atom. The normalized spacial score (nSPS) is 10.1. The van der Waals surface area contributed by atoms with E-state index in [9.17, 15) is 9.18 Å². The summed E-state index contributed by atoms with van der Waals surface area (Å²) in [4.78, 5) is 11.9. The second-order valence-corrected chi connectivity index (χ2v) is 4.58. The molecule has 18 heavy (non-hydrogen) atoms. The molecule has 2 rings (SSSR count). The molecule has 0 unspecified atom stereocenters. The third-order valence-electron chi connectivity index (χ3n) is 2.39. The fourth-order valence-electron chi connectivity index (χ4n) is 1.46. The predicted molar refractivity (Wildman–Crippen MR) is 72.9 cm³/mol. The van der Waals surface area contributed by atoms with E-state index >= 15 is 0 Å². The molecule has 2 aromatic carbocycles. The lowest BCUT2D eigenvalue weighted by Gasteiger charge is -2.09. The number of para-hydroxylation sites is 1. The summed E-state index contributed by atoms with van der Waals surface area (Å²) in [5.74, 6) is -0.959. The molecule has 0 aromatic heterocycles. The first kappa shape index (κ1) is 12.6. The maximum absolute atomic E-state index is 13.5. The van der Waals surface area contributed by atoms with Crippen LogP contribution in [0.2, 0.25) is 0 Å². The quantitative estimate of drug-likeness (QED) is 0.835. The van der Waals surface area contributed by atoms with Crippen LogP contribution in [0, 0.1) is 5.82 Å². The Balaban J connectivity index is 2.24. The maximum Gasteiger partial charge on any atom is 0.255 e. The Hall–Kier alpha value is -1.88. The van der Waals surface area contributed by atoms with Gasteiger partial charge >= 0.3 is 0 Å². The Morgan fingerprint density at radius 3 is 2.44 bits per heavy atom. The molecule has 0 aliphatic heterocycles. The number of halogens is 2. The molecule has 0 heterocycles. The van der Waals surface area contributed by atoms with Crippen molar-refractivity contribution in [1.82, 2.24) is 0 Å². The molecular formula is C13H10BrFN2O. The summed E-state index contributed by atoms with van der Waals surface area (Å²) in [7, 11) is 0.